The lowest BCUT2D eigenvalue weighted by atomic mass is 9.66. The standard InChI is InChI=1S/C45H28S/c1-3-13-31(14-4-1)45(32-15-5-2-6-16-32)41-28-30(34-19-11-20-40-37-18-9-10-21-42(37)46-44(34)40)23-24-36(41)39-27-26-35-33-17-8-7-12-29(33)22-25-38(35)43(39)45/h1-28H. The number of thiophene rings is 1. The molecular formula is C45H28S. The van der Waals surface area contributed by atoms with Gasteiger partial charge >= 0.3 is 0 Å². The number of hydrogen-bond acceptors (Lipinski definition) is 1. The van der Waals surface area contributed by atoms with Gasteiger partial charge in [0.2, 0.25) is 0 Å². The molecule has 0 saturated heterocycles. The predicted molar refractivity (Wildman–Crippen MR) is 197 cm³/mol. The van der Waals surface area contributed by atoms with Crippen LogP contribution in [0.3, 0.4) is 0 Å². The summed E-state index contributed by atoms with van der Waals surface area (Å²) in [7, 11) is 0. The zero-order valence-corrected chi connectivity index (χ0v) is 25.9. The van der Waals surface area contributed by atoms with Crippen LogP contribution in [0.4, 0.5) is 0 Å². The van der Waals surface area contributed by atoms with Gasteiger partial charge in [0, 0.05) is 20.2 Å². The lowest BCUT2D eigenvalue weighted by Crippen LogP contribution is -2.28. The highest BCUT2D eigenvalue weighted by Crippen LogP contribution is 2.59. The van der Waals surface area contributed by atoms with Crippen molar-refractivity contribution in [3.8, 4) is 22.3 Å². The number of benzene rings is 8. The van der Waals surface area contributed by atoms with Crippen molar-refractivity contribution < 1.29 is 0 Å². The number of hydrogen-bond donors (Lipinski definition) is 0. The van der Waals surface area contributed by atoms with Crippen LogP contribution >= 0.6 is 11.3 Å². The van der Waals surface area contributed by atoms with E-state index >= 15 is 0 Å². The molecule has 8 aromatic carbocycles. The summed E-state index contributed by atoms with van der Waals surface area (Å²) in [4.78, 5) is 0. The molecule has 0 radical (unpaired) electrons. The third kappa shape index (κ3) is 3.44. The Morgan fingerprint density at radius 2 is 1.04 bits per heavy atom. The Labute approximate surface area is 271 Å². The summed E-state index contributed by atoms with van der Waals surface area (Å²) in [6.45, 7) is 0. The summed E-state index contributed by atoms with van der Waals surface area (Å²) in [5.74, 6) is 0. The van der Waals surface area contributed by atoms with Crippen molar-refractivity contribution in [3.05, 3.63) is 192 Å². The van der Waals surface area contributed by atoms with Crippen LogP contribution in [-0.2, 0) is 5.41 Å². The Bertz CT molecular complexity index is 2590. The van der Waals surface area contributed by atoms with E-state index in [2.05, 4.69) is 170 Å². The Balaban J connectivity index is 1.35. The van der Waals surface area contributed by atoms with E-state index in [-0.39, 0.29) is 0 Å². The molecular weight excluding hydrogens is 573 g/mol. The molecule has 0 unspecified atom stereocenters. The van der Waals surface area contributed by atoms with Crippen molar-refractivity contribution >= 4 is 53.1 Å². The Morgan fingerprint density at radius 3 is 1.85 bits per heavy atom. The molecule has 0 spiro atoms. The van der Waals surface area contributed by atoms with Gasteiger partial charge in [-0.25, -0.2) is 0 Å². The van der Waals surface area contributed by atoms with E-state index in [4.69, 9.17) is 0 Å². The molecule has 0 amide bonds. The second-order valence-electron chi connectivity index (χ2n) is 12.4. The van der Waals surface area contributed by atoms with E-state index in [0.29, 0.717) is 0 Å². The molecule has 0 aliphatic heterocycles. The van der Waals surface area contributed by atoms with Crippen LogP contribution < -0.4 is 0 Å². The van der Waals surface area contributed by atoms with Crippen LogP contribution in [0.1, 0.15) is 22.3 Å². The minimum atomic E-state index is -0.487. The summed E-state index contributed by atoms with van der Waals surface area (Å²) in [6.07, 6.45) is 0. The van der Waals surface area contributed by atoms with Crippen LogP contribution in [0.5, 0.6) is 0 Å². The molecule has 46 heavy (non-hydrogen) atoms. The maximum atomic E-state index is 2.50. The van der Waals surface area contributed by atoms with Gasteiger partial charge in [0.15, 0.2) is 0 Å². The molecule has 1 aliphatic rings. The summed E-state index contributed by atoms with van der Waals surface area (Å²) in [5, 5.41) is 7.85. The maximum Gasteiger partial charge on any atom is 0.0719 e. The van der Waals surface area contributed by atoms with Gasteiger partial charge in [0.25, 0.3) is 0 Å². The van der Waals surface area contributed by atoms with Gasteiger partial charge in [-0.3, -0.25) is 0 Å². The average Bonchev–Trinajstić information content (AvgIpc) is 3.66. The normalized spacial score (nSPS) is 13.4. The van der Waals surface area contributed by atoms with Crippen molar-refractivity contribution in [1.29, 1.82) is 0 Å². The molecule has 9 aromatic rings. The van der Waals surface area contributed by atoms with Crippen LogP contribution in [0.25, 0.3) is 64.0 Å². The van der Waals surface area contributed by atoms with Gasteiger partial charge in [-0.2, -0.15) is 0 Å². The SMILES string of the molecule is c1ccc(C2(c3ccccc3)c3cc(-c4cccc5c4sc4ccccc45)ccc3-c3ccc4c(ccc5ccccc54)c32)cc1. The van der Waals surface area contributed by atoms with E-state index in [9.17, 15) is 0 Å². The van der Waals surface area contributed by atoms with Crippen molar-refractivity contribution in [2.24, 2.45) is 0 Å². The van der Waals surface area contributed by atoms with Gasteiger partial charge in [-0.05, 0) is 78.2 Å². The minimum Gasteiger partial charge on any atom is -0.135 e. The molecule has 1 aromatic heterocycles. The fourth-order valence-electron chi connectivity index (χ4n) is 8.23. The first kappa shape index (κ1) is 25.8. The fraction of sp³-hybridized carbons (Fsp3) is 0.0222. The van der Waals surface area contributed by atoms with Gasteiger partial charge in [0.1, 0.15) is 0 Å². The molecule has 0 nitrogen and oxygen atoms in total. The van der Waals surface area contributed by atoms with Gasteiger partial charge in [-0.1, -0.05) is 158 Å². The lowest BCUT2D eigenvalue weighted by Gasteiger charge is -2.35. The molecule has 0 saturated carbocycles. The van der Waals surface area contributed by atoms with Gasteiger partial charge < -0.3 is 0 Å². The maximum absolute atomic E-state index is 2.50. The summed E-state index contributed by atoms with van der Waals surface area (Å²) in [5.41, 5.74) is 9.99. The molecule has 214 valence electrons. The first-order chi connectivity index (χ1) is 22.8. The van der Waals surface area contributed by atoms with Crippen LogP contribution in [-0.4, -0.2) is 0 Å². The number of fused-ring (bicyclic) bond motifs is 10. The summed E-state index contributed by atoms with van der Waals surface area (Å²) >= 11 is 1.90. The second kappa shape index (κ2) is 9.75. The quantitative estimate of drug-likeness (QED) is 0.177. The smallest absolute Gasteiger partial charge is 0.0719 e. The largest absolute Gasteiger partial charge is 0.135 e. The van der Waals surface area contributed by atoms with E-state index in [0.717, 1.165) is 0 Å². The van der Waals surface area contributed by atoms with Crippen LogP contribution in [0.2, 0.25) is 0 Å². The minimum absolute atomic E-state index is 0.487. The van der Waals surface area contributed by atoms with E-state index in [1.165, 1.54) is 86.2 Å². The molecule has 1 heteroatoms. The van der Waals surface area contributed by atoms with Crippen LogP contribution in [0.15, 0.2) is 170 Å². The average molecular weight is 601 g/mol. The first-order valence-electron chi connectivity index (χ1n) is 15.9. The van der Waals surface area contributed by atoms with Crippen molar-refractivity contribution in [2.45, 2.75) is 5.41 Å². The predicted octanol–water partition coefficient (Wildman–Crippen LogP) is 12.4. The van der Waals surface area contributed by atoms with Gasteiger partial charge in [-0.15, -0.1) is 11.3 Å². The Kier molecular flexibility index (Phi) is 5.47. The summed E-state index contributed by atoms with van der Waals surface area (Å²) < 4.78 is 2.68. The second-order valence-corrected chi connectivity index (χ2v) is 13.4. The Morgan fingerprint density at radius 1 is 0.391 bits per heavy atom. The highest BCUT2D eigenvalue weighted by molar-refractivity contribution is 7.26. The summed E-state index contributed by atoms with van der Waals surface area (Å²) in [6, 6.07) is 63.3. The molecule has 0 bridgehead atoms. The van der Waals surface area contributed by atoms with E-state index in [1.54, 1.807) is 0 Å². The topological polar surface area (TPSA) is 0 Å². The molecule has 0 fully saturated rings. The van der Waals surface area contributed by atoms with Crippen LogP contribution in [0, 0.1) is 0 Å². The molecule has 10 rings (SSSR count). The number of rotatable bonds is 3. The van der Waals surface area contributed by atoms with Crippen molar-refractivity contribution in [1.82, 2.24) is 0 Å². The lowest BCUT2D eigenvalue weighted by molar-refractivity contribution is 0.776. The molecule has 0 atom stereocenters. The van der Waals surface area contributed by atoms with Crippen molar-refractivity contribution in [3.63, 3.8) is 0 Å². The highest BCUT2D eigenvalue weighted by Gasteiger charge is 2.47. The molecule has 1 heterocycles. The third-order valence-corrected chi connectivity index (χ3v) is 11.4. The first-order valence-corrected chi connectivity index (χ1v) is 16.8. The molecule has 0 N–H and O–H groups in total. The van der Waals surface area contributed by atoms with Gasteiger partial charge in [0.05, 0.1) is 5.41 Å². The van der Waals surface area contributed by atoms with Crippen molar-refractivity contribution in [2.75, 3.05) is 0 Å². The zero-order valence-electron chi connectivity index (χ0n) is 25.1. The van der Waals surface area contributed by atoms with E-state index < -0.39 is 5.41 Å². The highest BCUT2D eigenvalue weighted by atomic mass is 32.1. The third-order valence-electron chi connectivity index (χ3n) is 10.1. The monoisotopic (exact) mass is 600 g/mol. The van der Waals surface area contributed by atoms with E-state index in [1.807, 2.05) is 11.3 Å². The Hall–Kier alpha value is -5.50. The fourth-order valence-corrected chi connectivity index (χ4v) is 9.46. The molecule has 1 aliphatic carbocycles. The zero-order chi connectivity index (χ0) is 30.2.